The fraction of sp³-hybridized carbons (Fsp3) is 0.273. The molecule has 0 saturated heterocycles. The first-order chi connectivity index (χ1) is 5.38. The predicted molar refractivity (Wildman–Crippen MR) is 50.3 cm³/mol. The van der Waals surface area contributed by atoms with Crippen LogP contribution >= 0.6 is 0 Å². The highest BCUT2D eigenvalue weighted by atomic mass is 14.2. The van der Waals surface area contributed by atoms with Gasteiger partial charge in [-0.3, -0.25) is 0 Å². The maximum atomic E-state index is 3.80. The topological polar surface area (TPSA) is 0 Å². The van der Waals surface area contributed by atoms with Gasteiger partial charge in [-0.15, -0.1) is 6.58 Å². The van der Waals surface area contributed by atoms with Crippen molar-refractivity contribution in [2.45, 2.75) is 6.42 Å². The predicted octanol–water partition coefficient (Wildman–Crippen LogP) is 3.11. The highest BCUT2D eigenvalue weighted by Gasteiger charge is 2.15. The Morgan fingerprint density at radius 2 is 2.18 bits per heavy atom. The zero-order valence-corrected chi connectivity index (χ0v) is 6.74. The summed E-state index contributed by atoms with van der Waals surface area (Å²) in [5.74, 6) is 1.15. The molecule has 0 radical (unpaired) electrons. The van der Waals surface area contributed by atoms with Gasteiger partial charge in [0.25, 0.3) is 0 Å². The van der Waals surface area contributed by atoms with E-state index in [-0.39, 0.29) is 0 Å². The van der Waals surface area contributed by atoms with Gasteiger partial charge in [-0.2, -0.15) is 0 Å². The van der Waals surface area contributed by atoms with Crippen molar-refractivity contribution in [3.05, 3.63) is 49.6 Å². The summed E-state index contributed by atoms with van der Waals surface area (Å²) in [6.45, 7) is 7.44. The lowest BCUT2D eigenvalue weighted by Gasteiger charge is -2.09. The normalized spacial score (nSPS) is 29.5. The molecule has 0 heteroatoms. The SMILES string of the molecule is C=C/C=C\[C@H]1C=CC[C@H]1C=C. The molecule has 0 aromatic rings. The van der Waals surface area contributed by atoms with Crippen LogP contribution in [0.4, 0.5) is 0 Å². The Balaban J connectivity index is 2.55. The van der Waals surface area contributed by atoms with E-state index in [9.17, 15) is 0 Å². The van der Waals surface area contributed by atoms with Crippen LogP contribution in [0.15, 0.2) is 49.6 Å². The van der Waals surface area contributed by atoms with E-state index < -0.39 is 0 Å². The largest absolute Gasteiger partial charge is 0.103 e. The van der Waals surface area contributed by atoms with Gasteiger partial charge in [-0.05, 0) is 12.3 Å². The first kappa shape index (κ1) is 8.06. The summed E-state index contributed by atoms with van der Waals surface area (Å²) in [5.41, 5.74) is 0. The number of rotatable bonds is 3. The summed E-state index contributed by atoms with van der Waals surface area (Å²) >= 11 is 0. The molecule has 1 aliphatic rings. The first-order valence-electron chi connectivity index (χ1n) is 3.97. The van der Waals surface area contributed by atoms with Crippen LogP contribution in [0.2, 0.25) is 0 Å². The summed E-state index contributed by atoms with van der Waals surface area (Å²) in [5, 5.41) is 0. The summed E-state index contributed by atoms with van der Waals surface area (Å²) in [7, 11) is 0. The van der Waals surface area contributed by atoms with E-state index in [2.05, 4.69) is 31.4 Å². The molecule has 0 heterocycles. The van der Waals surface area contributed by atoms with Crippen molar-refractivity contribution in [3.63, 3.8) is 0 Å². The molecule has 0 nitrogen and oxygen atoms in total. The number of hydrogen-bond acceptors (Lipinski definition) is 0. The van der Waals surface area contributed by atoms with Gasteiger partial charge >= 0.3 is 0 Å². The first-order valence-corrected chi connectivity index (χ1v) is 3.97. The van der Waals surface area contributed by atoms with Crippen molar-refractivity contribution >= 4 is 0 Å². The van der Waals surface area contributed by atoms with Crippen molar-refractivity contribution < 1.29 is 0 Å². The molecule has 0 fully saturated rings. The van der Waals surface area contributed by atoms with Gasteiger partial charge in [-0.1, -0.05) is 43.0 Å². The minimum atomic E-state index is 0.547. The van der Waals surface area contributed by atoms with E-state index in [1.54, 1.807) is 0 Å². The fourth-order valence-corrected chi connectivity index (χ4v) is 1.36. The van der Waals surface area contributed by atoms with Crippen LogP contribution in [-0.2, 0) is 0 Å². The highest BCUT2D eigenvalue weighted by Crippen LogP contribution is 2.26. The lowest BCUT2D eigenvalue weighted by atomic mass is 9.95. The second-order valence-electron chi connectivity index (χ2n) is 2.76. The standard InChI is InChI=1S/C11H14/c1-3-5-7-11-9-6-8-10(11)4-2/h3-7,9-11H,1-2,8H2/b7-5-/t10-,11+/m1/s1. The molecular weight excluding hydrogens is 132 g/mol. The van der Waals surface area contributed by atoms with Gasteiger partial charge < -0.3 is 0 Å². The lowest BCUT2D eigenvalue weighted by molar-refractivity contribution is 0.604. The van der Waals surface area contributed by atoms with Crippen molar-refractivity contribution in [2.75, 3.05) is 0 Å². The molecular formula is C11H14. The third-order valence-corrected chi connectivity index (χ3v) is 2.03. The molecule has 0 aromatic carbocycles. The number of hydrogen-bond donors (Lipinski definition) is 0. The lowest BCUT2D eigenvalue weighted by Crippen LogP contribution is -2.00. The van der Waals surface area contributed by atoms with Crippen molar-refractivity contribution in [2.24, 2.45) is 11.8 Å². The van der Waals surface area contributed by atoms with Crippen LogP contribution in [-0.4, -0.2) is 0 Å². The molecule has 0 aliphatic heterocycles. The maximum Gasteiger partial charge on any atom is 0.00154 e. The van der Waals surface area contributed by atoms with Gasteiger partial charge in [0.15, 0.2) is 0 Å². The van der Waals surface area contributed by atoms with Gasteiger partial charge in [0, 0.05) is 5.92 Å². The summed E-state index contributed by atoms with van der Waals surface area (Å²) in [6, 6.07) is 0. The van der Waals surface area contributed by atoms with Crippen LogP contribution in [0.25, 0.3) is 0 Å². The molecule has 58 valence electrons. The van der Waals surface area contributed by atoms with Crippen molar-refractivity contribution in [1.82, 2.24) is 0 Å². The molecule has 2 atom stereocenters. The fourth-order valence-electron chi connectivity index (χ4n) is 1.36. The van der Waals surface area contributed by atoms with E-state index >= 15 is 0 Å². The zero-order valence-electron chi connectivity index (χ0n) is 6.74. The van der Waals surface area contributed by atoms with Gasteiger partial charge in [0.1, 0.15) is 0 Å². The molecule has 1 rings (SSSR count). The van der Waals surface area contributed by atoms with E-state index in [0.717, 1.165) is 6.42 Å². The second kappa shape index (κ2) is 3.97. The molecule has 1 aliphatic carbocycles. The molecule has 0 amide bonds. The molecule has 0 bridgehead atoms. The summed E-state index contributed by atoms with van der Waals surface area (Å²) in [4.78, 5) is 0. The van der Waals surface area contributed by atoms with Crippen molar-refractivity contribution in [1.29, 1.82) is 0 Å². The van der Waals surface area contributed by atoms with Crippen LogP contribution < -0.4 is 0 Å². The van der Waals surface area contributed by atoms with Crippen LogP contribution in [0, 0.1) is 11.8 Å². The Labute approximate surface area is 68.6 Å². The highest BCUT2D eigenvalue weighted by molar-refractivity contribution is 5.15. The van der Waals surface area contributed by atoms with Crippen LogP contribution in [0.5, 0.6) is 0 Å². The number of allylic oxidation sites excluding steroid dienone is 6. The molecule has 11 heavy (non-hydrogen) atoms. The van der Waals surface area contributed by atoms with E-state index in [1.807, 2.05) is 18.2 Å². The minimum Gasteiger partial charge on any atom is -0.103 e. The Hall–Kier alpha value is -1.04. The van der Waals surface area contributed by atoms with Gasteiger partial charge in [-0.25, -0.2) is 0 Å². The smallest absolute Gasteiger partial charge is 0.00154 e. The van der Waals surface area contributed by atoms with Crippen LogP contribution in [0.3, 0.4) is 0 Å². The molecule has 0 saturated carbocycles. The Kier molecular flexibility index (Phi) is 2.91. The quantitative estimate of drug-likeness (QED) is 0.424. The molecule has 0 aromatic heterocycles. The summed E-state index contributed by atoms with van der Waals surface area (Å²) in [6.07, 6.45) is 13.6. The second-order valence-corrected chi connectivity index (χ2v) is 2.76. The third kappa shape index (κ3) is 1.94. The van der Waals surface area contributed by atoms with Crippen LogP contribution in [0.1, 0.15) is 6.42 Å². The zero-order chi connectivity index (χ0) is 8.10. The molecule has 0 unspecified atom stereocenters. The maximum absolute atomic E-state index is 3.80. The Morgan fingerprint density at radius 1 is 1.36 bits per heavy atom. The van der Waals surface area contributed by atoms with E-state index in [0.29, 0.717) is 11.8 Å². The average Bonchev–Trinajstić information content (AvgIpc) is 2.47. The Morgan fingerprint density at radius 3 is 2.82 bits per heavy atom. The van der Waals surface area contributed by atoms with Gasteiger partial charge in [0.05, 0.1) is 0 Å². The molecule has 0 N–H and O–H groups in total. The minimum absolute atomic E-state index is 0.547. The van der Waals surface area contributed by atoms with Crippen molar-refractivity contribution in [3.8, 4) is 0 Å². The monoisotopic (exact) mass is 146 g/mol. The molecule has 0 spiro atoms. The summed E-state index contributed by atoms with van der Waals surface area (Å²) < 4.78 is 0. The van der Waals surface area contributed by atoms with E-state index in [1.165, 1.54) is 0 Å². The van der Waals surface area contributed by atoms with E-state index in [4.69, 9.17) is 0 Å². The average molecular weight is 146 g/mol. The Bertz CT molecular complexity index is 196. The van der Waals surface area contributed by atoms with Gasteiger partial charge in [0.2, 0.25) is 0 Å². The third-order valence-electron chi connectivity index (χ3n) is 2.03.